The minimum Gasteiger partial charge on any atom is -0.475 e. The number of aliphatic carboxylic acids is 1. The largest absolute Gasteiger partial charge is 0.490 e. The highest BCUT2D eigenvalue weighted by atomic mass is 19.4. The number of nitrogens with zero attached hydrogens (tertiary/aromatic N) is 2. The van der Waals surface area contributed by atoms with Crippen LogP contribution in [0.4, 0.5) is 13.2 Å². The average Bonchev–Trinajstić information content (AvgIpc) is 3.09. The molecule has 2 aliphatic rings. The van der Waals surface area contributed by atoms with Gasteiger partial charge in [-0.05, 0) is 30.5 Å². The van der Waals surface area contributed by atoms with Gasteiger partial charge in [-0.3, -0.25) is 9.78 Å². The Balaban J connectivity index is 0.000000396. The standard InChI is InChI=1S/C17H24N2O4.C2HF3O2/c1-21-12-16(20)19-8-2-5-17(13-19)9-15(11-23-17)22-10-14-3-6-18-7-4-14;3-2(4,5)1(6)7/h3-4,6-7,15H,2,5,8-13H2,1H3;(H,6,7)/t15-,17+;/m1./s1. The molecular formula is C19H25F3N2O6. The predicted octanol–water partition coefficient (Wildman–Crippen LogP) is 2.03. The van der Waals surface area contributed by atoms with Crippen LogP contribution < -0.4 is 0 Å². The molecule has 1 amide bonds. The molecule has 1 spiro atoms. The van der Waals surface area contributed by atoms with E-state index in [1.165, 1.54) is 0 Å². The van der Waals surface area contributed by atoms with Crippen LogP contribution >= 0.6 is 0 Å². The molecule has 8 nitrogen and oxygen atoms in total. The number of carbonyl (C=O) groups excluding carboxylic acids is 1. The van der Waals surface area contributed by atoms with E-state index in [-0.39, 0.29) is 24.2 Å². The van der Waals surface area contributed by atoms with Gasteiger partial charge in [0.1, 0.15) is 6.61 Å². The zero-order chi connectivity index (χ0) is 22.2. The summed E-state index contributed by atoms with van der Waals surface area (Å²) in [6.45, 7) is 2.73. The number of ether oxygens (including phenoxy) is 3. The maximum Gasteiger partial charge on any atom is 0.490 e. The van der Waals surface area contributed by atoms with E-state index in [0.717, 1.165) is 31.4 Å². The molecule has 11 heteroatoms. The molecule has 0 radical (unpaired) electrons. The number of carbonyl (C=O) groups is 2. The number of hydrogen-bond donors (Lipinski definition) is 1. The van der Waals surface area contributed by atoms with Crippen LogP contribution in [0.3, 0.4) is 0 Å². The number of aromatic nitrogens is 1. The summed E-state index contributed by atoms with van der Waals surface area (Å²) < 4.78 is 48.7. The number of methoxy groups -OCH3 is 1. The second-order valence-corrected chi connectivity index (χ2v) is 7.14. The lowest BCUT2D eigenvalue weighted by molar-refractivity contribution is -0.192. The monoisotopic (exact) mass is 434 g/mol. The number of likely N-dealkylation sites (tertiary alicyclic amines) is 1. The summed E-state index contributed by atoms with van der Waals surface area (Å²) in [6, 6.07) is 3.91. The van der Waals surface area contributed by atoms with E-state index in [4.69, 9.17) is 24.1 Å². The smallest absolute Gasteiger partial charge is 0.475 e. The third-order valence-electron chi connectivity index (χ3n) is 4.81. The van der Waals surface area contributed by atoms with E-state index in [1.54, 1.807) is 19.5 Å². The van der Waals surface area contributed by atoms with E-state index in [9.17, 15) is 18.0 Å². The van der Waals surface area contributed by atoms with Gasteiger partial charge in [0, 0.05) is 39.0 Å². The Morgan fingerprint density at radius 3 is 2.63 bits per heavy atom. The number of pyridine rings is 1. The predicted molar refractivity (Wildman–Crippen MR) is 97.5 cm³/mol. The van der Waals surface area contributed by atoms with Crippen LogP contribution in [0.2, 0.25) is 0 Å². The van der Waals surface area contributed by atoms with Crippen molar-refractivity contribution in [3.05, 3.63) is 30.1 Å². The number of amides is 1. The summed E-state index contributed by atoms with van der Waals surface area (Å²) >= 11 is 0. The van der Waals surface area contributed by atoms with Gasteiger partial charge in [0.15, 0.2) is 0 Å². The number of piperidine rings is 1. The molecule has 0 unspecified atom stereocenters. The van der Waals surface area contributed by atoms with Gasteiger partial charge in [-0.2, -0.15) is 13.2 Å². The lowest BCUT2D eigenvalue weighted by atomic mass is 9.89. The third-order valence-corrected chi connectivity index (χ3v) is 4.81. The Morgan fingerprint density at radius 1 is 1.37 bits per heavy atom. The number of hydrogen-bond acceptors (Lipinski definition) is 6. The number of carboxylic acids is 1. The highest BCUT2D eigenvalue weighted by molar-refractivity contribution is 5.77. The fraction of sp³-hybridized carbons (Fsp3) is 0.632. The Kier molecular flexibility index (Phi) is 8.56. The summed E-state index contributed by atoms with van der Waals surface area (Å²) in [6.07, 6.45) is 1.33. The first-order valence-electron chi connectivity index (χ1n) is 9.36. The van der Waals surface area contributed by atoms with E-state index in [2.05, 4.69) is 4.98 Å². The lowest BCUT2D eigenvalue weighted by Gasteiger charge is -2.39. The van der Waals surface area contributed by atoms with E-state index >= 15 is 0 Å². The van der Waals surface area contributed by atoms with E-state index < -0.39 is 12.1 Å². The fourth-order valence-electron chi connectivity index (χ4n) is 3.41. The van der Waals surface area contributed by atoms with Crippen molar-refractivity contribution >= 4 is 11.9 Å². The second-order valence-electron chi connectivity index (χ2n) is 7.14. The van der Waals surface area contributed by atoms with Crippen molar-refractivity contribution in [1.82, 2.24) is 9.88 Å². The van der Waals surface area contributed by atoms with Crippen molar-refractivity contribution in [2.24, 2.45) is 0 Å². The van der Waals surface area contributed by atoms with Crippen molar-refractivity contribution in [2.75, 3.05) is 33.4 Å². The summed E-state index contributed by atoms with van der Waals surface area (Å²) in [7, 11) is 1.55. The van der Waals surface area contributed by atoms with E-state index in [0.29, 0.717) is 19.8 Å². The number of halogens is 3. The summed E-state index contributed by atoms with van der Waals surface area (Å²) in [5.41, 5.74) is 0.867. The first-order valence-corrected chi connectivity index (χ1v) is 9.36. The molecule has 168 valence electrons. The Labute approximate surface area is 171 Å². The van der Waals surface area contributed by atoms with Crippen LogP contribution in [0.25, 0.3) is 0 Å². The molecule has 3 heterocycles. The number of rotatable bonds is 5. The van der Waals surface area contributed by atoms with Crippen LogP contribution in [0.1, 0.15) is 24.8 Å². The van der Waals surface area contributed by atoms with Gasteiger partial charge < -0.3 is 24.2 Å². The average molecular weight is 434 g/mol. The van der Waals surface area contributed by atoms with Gasteiger partial charge in [0.2, 0.25) is 5.91 Å². The molecule has 1 N–H and O–H groups in total. The molecule has 2 aliphatic heterocycles. The lowest BCUT2D eigenvalue weighted by Crippen LogP contribution is -2.51. The van der Waals surface area contributed by atoms with Crippen molar-refractivity contribution in [3.8, 4) is 0 Å². The highest BCUT2D eigenvalue weighted by Crippen LogP contribution is 2.36. The molecule has 1 aromatic heterocycles. The summed E-state index contributed by atoms with van der Waals surface area (Å²) in [5, 5.41) is 7.12. The minimum atomic E-state index is -5.08. The fourth-order valence-corrected chi connectivity index (χ4v) is 3.41. The maximum atomic E-state index is 12.0. The molecule has 2 fully saturated rings. The van der Waals surface area contributed by atoms with Gasteiger partial charge in [0.25, 0.3) is 0 Å². The topological polar surface area (TPSA) is 98.2 Å². The molecule has 2 saturated heterocycles. The molecule has 0 saturated carbocycles. The summed E-state index contributed by atoms with van der Waals surface area (Å²) in [4.78, 5) is 26.8. The zero-order valence-corrected chi connectivity index (χ0v) is 16.6. The van der Waals surface area contributed by atoms with Crippen molar-refractivity contribution in [2.45, 2.75) is 43.8 Å². The third kappa shape index (κ3) is 7.22. The van der Waals surface area contributed by atoms with Crippen LogP contribution in [0, 0.1) is 0 Å². The Hall–Kier alpha value is -2.24. The van der Waals surface area contributed by atoms with E-state index in [1.807, 2.05) is 17.0 Å². The highest BCUT2D eigenvalue weighted by Gasteiger charge is 2.44. The van der Waals surface area contributed by atoms with Crippen molar-refractivity contribution in [3.63, 3.8) is 0 Å². The first-order chi connectivity index (χ1) is 14.1. The molecule has 0 aliphatic carbocycles. The molecule has 30 heavy (non-hydrogen) atoms. The van der Waals surface area contributed by atoms with Crippen LogP contribution in [0.15, 0.2) is 24.5 Å². The molecule has 1 aromatic rings. The molecular weight excluding hydrogens is 409 g/mol. The van der Waals surface area contributed by atoms with Crippen molar-refractivity contribution in [1.29, 1.82) is 0 Å². The van der Waals surface area contributed by atoms with Crippen LogP contribution in [-0.4, -0.2) is 78.2 Å². The Morgan fingerprint density at radius 2 is 2.03 bits per heavy atom. The SMILES string of the molecule is COCC(=O)N1CCC[C@]2(C[C@@H](OCc3ccncc3)CO2)C1.O=C(O)C(F)(F)F. The Bertz CT molecular complexity index is 703. The van der Waals surface area contributed by atoms with Gasteiger partial charge in [-0.15, -0.1) is 0 Å². The zero-order valence-electron chi connectivity index (χ0n) is 16.6. The van der Waals surface area contributed by atoms with Crippen LogP contribution in [0.5, 0.6) is 0 Å². The maximum absolute atomic E-state index is 12.0. The van der Waals surface area contributed by atoms with Gasteiger partial charge in [-0.25, -0.2) is 4.79 Å². The van der Waals surface area contributed by atoms with Gasteiger partial charge in [-0.1, -0.05) is 0 Å². The number of carboxylic acid groups (broad SMARTS) is 1. The summed E-state index contributed by atoms with van der Waals surface area (Å²) in [5.74, 6) is -2.72. The van der Waals surface area contributed by atoms with Crippen molar-refractivity contribution < 1.29 is 42.1 Å². The molecule has 3 rings (SSSR count). The number of alkyl halides is 3. The second kappa shape index (κ2) is 10.7. The van der Waals surface area contributed by atoms with Crippen LogP contribution in [-0.2, 0) is 30.4 Å². The first kappa shape index (κ1) is 24.0. The minimum absolute atomic E-state index is 0.0383. The van der Waals surface area contributed by atoms with Gasteiger partial charge in [0.05, 0.1) is 24.9 Å². The molecule has 0 aromatic carbocycles. The normalized spacial score (nSPS) is 23.7. The molecule has 2 atom stereocenters. The van der Waals surface area contributed by atoms with Gasteiger partial charge >= 0.3 is 12.1 Å². The quantitative estimate of drug-likeness (QED) is 0.757. The molecule has 0 bridgehead atoms.